The number of likely N-dealkylation sites (N-methyl/N-ethyl adjacent to an activating group) is 1. The number of carbonyl (C=O) groups is 1. The van der Waals surface area contributed by atoms with Gasteiger partial charge in [-0.3, -0.25) is 9.78 Å². The molecule has 1 aromatic carbocycles. The molecule has 0 bridgehead atoms. The molecule has 2 aromatic rings. The number of hydrogen-bond acceptors (Lipinski definition) is 6. The largest absolute Gasteiger partial charge is 0.397 e. The number of alkyl halides is 3. The Morgan fingerprint density at radius 1 is 1.42 bits per heavy atom. The molecular formula is C23H24F3N5O2. The third-order valence-electron chi connectivity index (χ3n) is 7.13. The number of nitrogens with zero attached hydrogens (tertiary/aromatic N) is 4. The quantitative estimate of drug-likeness (QED) is 0.751. The van der Waals surface area contributed by atoms with Crippen LogP contribution in [-0.2, 0) is 9.53 Å². The molecule has 33 heavy (non-hydrogen) atoms. The molecule has 5 rings (SSSR count). The number of piperidine rings is 1. The zero-order valence-corrected chi connectivity index (χ0v) is 17.7. The summed E-state index contributed by atoms with van der Waals surface area (Å²) < 4.78 is 71.2. The number of rotatable bonds is 4. The van der Waals surface area contributed by atoms with Crippen LogP contribution < -0.4 is 10.2 Å². The molecule has 3 heterocycles. The van der Waals surface area contributed by atoms with Crippen molar-refractivity contribution in [2.45, 2.75) is 18.7 Å². The summed E-state index contributed by atoms with van der Waals surface area (Å²) >= 11 is 0. The van der Waals surface area contributed by atoms with E-state index in [4.69, 9.17) is 8.85 Å². The lowest BCUT2D eigenvalue weighted by Crippen LogP contribution is -2.48. The third-order valence-corrected chi connectivity index (χ3v) is 7.13. The average Bonchev–Trinajstić information content (AvgIpc) is 3.39. The van der Waals surface area contributed by atoms with E-state index in [9.17, 15) is 23.2 Å². The van der Waals surface area contributed by atoms with Crippen molar-refractivity contribution < 1.29 is 26.8 Å². The Balaban J connectivity index is 1.38. The van der Waals surface area contributed by atoms with Gasteiger partial charge in [-0.1, -0.05) is 0 Å². The van der Waals surface area contributed by atoms with E-state index in [0.29, 0.717) is 22.2 Å². The molecule has 2 aliphatic heterocycles. The second-order valence-corrected chi connectivity index (χ2v) is 8.99. The lowest BCUT2D eigenvalue weighted by Gasteiger charge is -2.30. The van der Waals surface area contributed by atoms with Crippen molar-refractivity contribution in [3.63, 3.8) is 0 Å². The van der Waals surface area contributed by atoms with E-state index >= 15 is 0 Å². The summed E-state index contributed by atoms with van der Waals surface area (Å²) in [6, 6.07) is 8.53. The first-order valence-corrected chi connectivity index (χ1v) is 10.7. The Bertz CT molecular complexity index is 1250. The second-order valence-electron chi connectivity index (χ2n) is 8.99. The first kappa shape index (κ1) is 18.5. The summed E-state index contributed by atoms with van der Waals surface area (Å²) in [5, 5.41) is 12.5. The maximum absolute atomic E-state index is 14.3. The van der Waals surface area contributed by atoms with Gasteiger partial charge in [0.15, 0.2) is 0 Å². The number of nitriles is 1. The van der Waals surface area contributed by atoms with Gasteiger partial charge in [-0.2, -0.15) is 18.4 Å². The van der Waals surface area contributed by atoms with Crippen LogP contribution >= 0.6 is 0 Å². The van der Waals surface area contributed by atoms with Gasteiger partial charge >= 0.3 is 6.18 Å². The van der Waals surface area contributed by atoms with Crippen molar-refractivity contribution in [2.24, 2.45) is 10.8 Å². The van der Waals surface area contributed by atoms with Gasteiger partial charge in [-0.05, 0) is 37.7 Å². The lowest BCUT2D eigenvalue weighted by atomic mass is 9.94. The van der Waals surface area contributed by atoms with Crippen molar-refractivity contribution in [1.29, 1.82) is 5.26 Å². The number of halogens is 3. The first-order chi connectivity index (χ1) is 16.9. The zero-order chi connectivity index (χ0) is 25.9. The molecule has 7 nitrogen and oxygen atoms in total. The van der Waals surface area contributed by atoms with Gasteiger partial charge in [0.25, 0.3) is 0 Å². The highest BCUT2D eigenvalue weighted by Gasteiger charge is 2.86. The maximum Gasteiger partial charge on any atom is 0.397 e. The van der Waals surface area contributed by atoms with E-state index in [-0.39, 0.29) is 45.8 Å². The molecule has 3 aliphatic rings. The minimum Gasteiger partial charge on any atom is -0.374 e. The van der Waals surface area contributed by atoms with E-state index < -0.39 is 36.0 Å². The molecule has 1 aliphatic carbocycles. The number of benzene rings is 1. The van der Waals surface area contributed by atoms with Crippen LogP contribution in [0.5, 0.6) is 0 Å². The summed E-state index contributed by atoms with van der Waals surface area (Å²) in [5.41, 5.74) is -2.65. The third kappa shape index (κ3) is 3.33. The van der Waals surface area contributed by atoms with E-state index in [1.165, 1.54) is 17.2 Å². The summed E-state index contributed by atoms with van der Waals surface area (Å²) in [7, 11) is 0. The smallest absolute Gasteiger partial charge is 0.374 e. The predicted molar refractivity (Wildman–Crippen MR) is 114 cm³/mol. The zero-order valence-electron chi connectivity index (χ0n) is 20.7. The monoisotopic (exact) mass is 462 g/mol. The predicted octanol–water partition coefficient (Wildman–Crippen LogP) is 2.31. The van der Waals surface area contributed by atoms with Crippen LogP contribution in [0.2, 0.25) is 0 Å². The fourth-order valence-electron chi connectivity index (χ4n) is 5.34. The van der Waals surface area contributed by atoms with Crippen LogP contribution in [-0.4, -0.2) is 74.4 Å². The highest BCUT2D eigenvalue weighted by atomic mass is 19.4. The number of pyridine rings is 1. The van der Waals surface area contributed by atoms with E-state index in [2.05, 4.69) is 10.3 Å². The van der Waals surface area contributed by atoms with Gasteiger partial charge in [-0.15, -0.1) is 0 Å². The molecule has 1 aromatic heterocycles. The second kappa shape index (κ2) is 7.57. The number of hydrogen-bond donors (Lipinski definition) is 1. The summed E-state index contributed by atoms with van der Waals surface area (Å²) in [6.07, 6.45) is -4.03. The number of fused-ring (bicyclic) bond motifs is 2. The van der Waals surface area contributed by atoms with Crippen LogP contribution in [0.25, 0.3) is 10.9 Å². The molecule has 3 fully saturated rings. The van der Waals surface area contributed by atoms with Gasteiger partial charge in [0.2, 0.25) is 5.91 Å². The number of ether oxygens (including phenoxy) is 1. The van der Waals surface area contributed by atoms with Gasteiger partial charge in [-0.25, -0.2) is 0 Å². The van der Waals surface area contributed by atoms with Crippen molar-refractivity contribution in [1.82, 2.24) is 15.2 Å². The molecule has 0 radical (unpaired) electrons. The number of anilines is 1. The van der Waals surface area contributed by atoms with Gasteiger partial charge in [0.1, 0.15) is 11.5 Å². The molecule has 2 saturated heterocycles. The first-order valence-electron chi connectivity index (χ1n) is 12.2. The molecule has 3 atom stereocenters. The lowest BCUT2D eigenvalue weighted by molar-refractivity contribution is -0.191. The molecule has 1 amide bonds. The Kier molecular flexibility index (Phi) is 4.25. The highest BCUT2D eigenvalue weighted by Crippen LogP contribution is 2.75. The number of morpholine rings is 1. The maximum atomic E-state index is 14.3. The van der Waals surface area contributed by atoms with Crippen molar-refractivity contribution in [2.75, 3.05) is 51.2 Å². The number of amides is 1. The molecule has 1 N–H and O–H groups in total. The molecular weight excluding hydrogens is 435 g/mol. The summed E-state index contributed by atoms with van der Waals surface area (Å²) in [4.78, 5) is 20.3. The van der Waals surface area contributed by atoms with Crippen LogP contribution in [0.3, 0.4) is 0 Å². The SMILES string of the molecule is [2H]C([2H])([2H])N1CCO[C@@H](CNC(=O)[C@]23CN(c4ccc(C#N)c5ncccc45)C[C@@]2(C(F)(F)F)C3)C1. The molecule has 174 valence electrons. The average molecular weight is 462 g/mol. The van der Waals surface area contributed by atoms with Gasteiger partial charge in [0, 0.05) is 54.1 Å². The number of nitrogens with one attached hydrogen (secondary N) is 1. The van der Waals surface area contributed by atoms with Crippen LogP contribution in [0.1, 0.15) is 16.1 Å². The Hall–Kier alpha value is -2.90. The Morgan fingerprint density at radius 2 is 2.27 bits per heavy atom. The summed E-state index contributed by atoms with van der Waals surface area (Å²) in [6.45, 7) is -2.49. The minimum atomic E-state index is -4.60. The molecule has 0 unspecified atom stereocenters. The van der Waals surface area contributed by atoms with Crippen molar-refractivity contribution >= 4 is 22.5 Å². The van der Waals surface area contributed by atoms with Crippen LogP contribution in [0.4, 0.5) is 18.9 Å². The van der Waals surface area contributed by atoms with E-state index in [1.54, 1.807) is 23.1 Å². The Morgan fingerprint density at radius 3 is 3.03 bits per heavy atom. The van der Waals surface area contributed by atoms with Crippen molar-refractivity contribution in [3.8, 4) is 6.07 Å². The van der Waals surface area contributed by atoms with Crippen LogP contribution in [0, 0.1) is 22.2 Å². The minimum absolute atomic E-state index is 0.0462. The van der Waals surface area contributed by atoms with E-state index in [1.807, 2.05) is 6.07 Å². The normalized spacial score (nSPS) is 31.3. The number of aromatic nitrogens is 1. The molecule has 1 saturated carbocycles. The highest BCUT2D eigenvalue weighted by molar-refractivity contribution is 5.97. The molecule has 10 heteroatoms. The van der Waals surface area contributed by atoms with E-state index in [0.717, 1.165) is 0 Å². The standard InChI is InChI=1S/C23H24F3N5O2/c1-30-7-8-33-16(11-30)10-29-20(32)21-12-22(21,23(24,25)26)14-31(13-21)18-5-4-15(9-27)19-17(18)3-2-6-28-19/h2-6,16H,7-8,10-14H2,1H3,(H,29,32)/t16-,21-,22-/m0/s1/i1D3. The Labute approximate surface area is 193 Å². The fourth-order valence-corrected chi connectivity index (χ4v) is 5.34. The summed E-state index contributed by atoms with van der Waals surface area (Å²) in [5.74, 6) is -0.715. The molecule has 0 spiro atoms. The van der Waals surface area contributed by atoms with Crippen LogP contribution in [0.15, 0.2) is 30.5 Å². The number of carbonyl (C=O) groups excluding carboxylic acids is 1. The van der Waals surface area contributed by atoms with Gasteiger partial charge in [0.05, 0.1) is 29.2 Å². The fraction of sp³-hybridized carbons (Fsp3) is 0.522. The topological polar surface area (TPSA) is 81.5 Å². The van der Waals surface area contributed by atoms with Crippen molar-refractivity contribution in [3.05, 3.63) is 36.0 Å². The van der Waals surface area contributed by atoms with Gasteiger partial charge < -0.3 is 19.9 Å².